The number of rotatable bonds is 0. The van der Waals surface area contributed by atoms with E-state index in [2.05, 4.69) is 0 Å². The maximum Gasteiger partial charge on any atom is 0.0570 e. The lowest BCUT2D eigenvalue weighted by atomic mass is 9.79. The molecule has 2 saturated heterocycles. The Hall–Kier alpha value is -0.120. The minimum absolute atomic E-state index is 0.495. The molecule has 0 aromatic heterocycles. The number of hydrogen-bond acceptors (Lipinski definition) is 3. The van der Waals surface area contributed by atoms with E-state index < -0.39 is 0 Å². The van der Waals surface area contributed by atoms with E-state index in [0.29, 0.717) is 5.41 Å². The molecule has 3 heteroatoms. The van der Waals surface area contributed by atoms with Gasteiger partial charge in [0.15, 0.2) is 0 Å². The van der Waals surface area contributed by atoms with E-state index in [0.717, 1.165) is 26.3 Å². The molecule has 2 aliphatic rings. The van der Waals surface area contributed by atoms with Crippen LogP contribution in [0.1, 0.15) is 13.8 Å². The average Bonchev–Trinajstić information content (AvgIpc) is 1.82. The van der Waals surface area contributed by atoms with Crippen molar-refractivity contribution in [1.29, 1.82) is 0 Å². The van der Waals surface area contributed by atoms with Crippen LogP contribution in [-0.2, 0) is 4.74 Å². The van der Waals surface area contributed by atoms with E-state index in [1.54, 1.807) is 0 Å². The van der Waals surface area contributed by atoms with Crippen LogP contribution in [0.5, 0.6) is 0 Å². The Morgan fingerprint density at radius 2 is 1.80 bits per heavy atom. The number of nitrogens with two attached hydrogens (primary N) is 1. The quantitative estimate of drug-likeness (QED) is 0.494. The zero-order valence-corrected chi connectivity index (χ0v) is 6.76. The van der Waals surface area contributed by atoms with Gasteiger partial charge in [-0.05, 0) is 0 Å². The van der Waals surface area contributed by atoms with Crippen molar-refractivity contribution in [3.63, 3.8) is 0 Å². The second-order valence-electron chi connectivity index (χ2n) is 2.90. The standard InChI is InChI=1S/C5H10N2O.C2H6/c6-7-1-5(2-7)3-8-4-5;1-2/h1-4,6H2;1-2H3. The van der Waals surface area contributed by atoms with Crippen LogP contribution in [0.15, 0.2) is 0 Å². The van der Waals surface area contributed by atoms with Crippen molar-refractivity contribution in [3.05, 3.63) is 0 Å². The predicted octanol–water partition coefficient (Wildman–Crippen LogP) is 0.218. The van der Waals surface area contributed by atoms with E-state index in [9.17, 15) is 0 Å². The first-order valence-corrected chi connectivity index (χ1v) is 3.88. The maximum atomic E-state index is 5.44. The lowest BCUT2D eigenvalue weighted by Gasteiger charge is -2.53. The van der Waals surface area contributed by atoms with Gasteiger partial charge >= 0.3 is 0 Å². The molecule has 2 N–H and O–H groups in total. The van der Waals surface area contributed by atoms with Gasteiger partial charge in [-0.15, -0.1) is 0 Å². The summed E-state index contributed by atoms with van der Waals surface area (Å²) in [5, 5.41) is 1.84. The van der Waals surface area contributed by atoms with Crippen molar-refractivity contribution < 1.29 is 4.74 Å². The zero-order chi connectivity index (χ0) is 7.61. The fourth-order valence-electron chi connectivity index (χ4n) is 1.39. The molecule has 0 aromatic carbocycles. The molecule has 1 spiro atoms. The highest BCUT2D eigenvalue weighted by molar-refractivity contribution is 4.97. The fraction of sp³-hybridized carbons (Fsp3) is 1.00. The van der Waals surface area contributed by atoms with Gasteiger partial charge in [-0.1, -0.05) is 13.8 Å². The van der Waals surface area contributed by atoms with Crippen LogP contribution in [0.2, 0.25) is 0 Å². The summed E-state index contributed by atoms with van der Waals surface area (Å²) in [7, 11) is 0. The molecule has 0 amide bonds. The number of nitrogens with zero attached hydrogens (tertiary/aromatic N) is 1. The Labute approximate surface area is 62.1 Å². The molecule has 0 atom stereocenters. The largest absolute Gasteiger partial charge is 0.380 e. The topological polar surface area (TPSA) is 38.5 Å². The van der Waals surface area contributed by atoms with Gasteiger partial charge in [-0.3, -0.25) is 5.84 Å². The van der Waals surface area contributed by atoms with Crippen molar-refractivity contribution in [1.82, 2.24) is 5.01 Å². The molecule has 0 saturated carbocycles. The molecule has 0 unspecified atom stereocenters. The minimum Gasteiger partial charge on any atom is -0.380 e. The summed E-state index contributed by atoms with van der Waals surface area (Å²) in [4.78, 5) is 0. The molecule has 0 bridgehead atoms. The van der Waals surface area contributed by atoms with Gasteiger partial charge in [0.25, 0.3) is 0 Å². The summed E-state index contributed by atoms with van der Waals surface area (Å²) in [6, 6.07) is 0. The minimum atomic E-state index is 0.495. The third-order valence-electron chi connectivity index (χ3n) is 1.89. The Kier molecular flexibility index (Phi) is 2.28. The Morgan fingerprint density at radius 3 is 1.90 bits per heavy atom. The Balaban J connectivity index is 0.000000231. The molecule has 0 aliphatic carbocycles. The highest BCUT2D eigenvalue weighted by Gasteiger charge is 2.47. The molecule has 2 aliphatic heterocycles. The zero-order valence-electron chi connectivity index (χ0n) is 6.76. The first kappa shape index (κ1) is 7.98. The van der Waals surface area contributed by atoms with Crippen LogP contribution < -0.4 is 5.84 Å². The van der Waals surface area contributed by atoms with Crippen molar-refractivity contribution in [2.75, 3.05) is 26.3 Å². The van der Waals surface area contributed by atoms with Crippen LogP contribution in [0, 0.1) is 5.41 Å². The van der Waals surface area contributed by atoms with Crippen LogP contribution in [0.25, 0.3) is 0 Å². The smallest absolute Gasteiger partial charge is 0.0570 e. The van der Waals surface area contributed by atoms with Crippen LogP contribution in [0.3, 0.4) is 0 Å². The summed E-state index contributed by atoms with van der Waals surface area (Å²) < 4.78 is 5.05. The number of ether oxygens (including phenoxy) is 1. The van der Waals surface area contributed by atoms with Crippen LogP contribution in [0.4, 0.5) is 0 Å². The van der Waals surface area contributed by atoms with Gasteiger partial charge in [0, 0.05) is 18.5 Å². The third kappa shape index (κ3) is 1.17. The Morgan fingerprint density at radius 1 is 1.30 bits per heavy atom. The molecular formula is C7H16N2O. The van der Waals surface area contributed by atoms with Gasteiger partial charge in [-0.25, -0.2) is 5.01 Å². The van der Waals surface area contributed by atoms with Gasteiger partial charge in [0.05, 0.1) is 13.2 Å². The molecule has 2 fully saturated rings. The van der Waals surface area contributed by atoms with Crippen molar-refractivity contribution in [2.45, 2.75) is 13.8 Å². The number of hydrazine groups is 1. The third-order valence-corrected chi connectivity index (χ3v) is 1.89. The molecule has 0 radical (unpaired) electrons. The molecular weight excluding hydrogens is 128 g/mol. The van der Waals surface area contributed by atoms with E-state index in [-0.39, 0.29) is 0 Å². The summed E-state index contributed by atoms with van der Waals surface area (Å²) in [6.45, 7) is 7.93. The summed E-state index contributed by atoms with van der Waals surface area (Å²) in [5.74, 6) is 5.44. The lowest BCUT2D eigenvalue weighted by molar-refractivity contribution is -0.189. The van der Waals surface area contributed by atoms with Crippen molar-refractivity contribution >= 4 is 0 Å². The van der Waals surface area contributed by atoms with Crippen molar-refractivity contribution in [3.8, 4) is 0 Å². The van der Waals surface area contributed by atoms with E-state index >= 15 is 0 Å². The summed E-state index contributed by atoms with van der Waals surface area (Å²) in [6.07, 6.45) is 0. The normalized spacial score (nSPS) is 27.9. The second-order valence-corrected chi connectivity index (χ2v) is 2.90. The van der Waals surface area contributed by atoms with Gasteiger partial charge in [-0.2, -0.15) is 0 Å². The van der Waals surface area contributed by atoms with Crippen LogP contribution >= 0.6 is 0 Å². The molecule has 0 aromatic rings. The van der Waals surface area contributed by atoms with E-state index in [1.807, 2.05) is 18.9 Å². The van der Waals surface area contributed by atoms with Crippen LogP contribution in [-0.4, -0.2) is 31.3 Å². The highest BCUT2D eigenvalue weighted by Crippen LogP contribution is 2.35. The predicted molar refractivity (Wildman–Crippen MR) is 40.4 cm³/mol. The molecule has 2 rings (SSSR count). The van der Waals surface area contributed by atoms with E-state index in [1.165, 1.54) is 0 Å². The fourth-order valence-corrected chi connectivity index (χ4v) is 1.39. The summed E-state index contributed by atoms with van der Waals surface area (Å²) >= 11 is 0. The lowest BCUT2D eigenvalue weighted by Crippen LogP contribution is -2.67. The van der Waals surface area contributed by atoms with Gasteiger partial charge < -0.3 is 4.74 Å². The van der Waals surface area contributed by atoms with E-state index in [4.69, 9.17) is 10.6 Å². The number of hydrogen-bond donors (Lipinski definition) is 1. The van der Waals surface area contributed by atoms with Gasteiger partial charge in [0.1, 0.15) is 0 Å². The second kappa shape index (κ2) is 2.86. The summed E-state index contributed by atoms with van der Waals surface area (Å²) in [5.41, 5.74) is 0.495. The first-order chi connectivity index (χ1) is 4.81. The van der Waals surface area contributed by atoms with Crippen molar-refractivity contribution in [2.24, 2.45) is 11.3 Å². The maximum absolute atomic E-state index is 5.44. The molecule has 3 nitrogen and oxygen atoms in total. The Bertz CT molecular complexity index is 104. The monoisotopic (exact) mass is 144 g/mol. The molecule has 10 heavy (non-hydrogen) atoms. The molecule has 60 valence electrons. The average molecular weight is 144 g/mol. The van der Waals surface area contributed by atoms with Gasteiger partial charge in [0.2, 0.25) is 0 Å². The first-order valence-electron chi connectivity index (χ1n) is 3.88. The highest BCUT2D eigenvalue weighted by atomic mass is 16.5. The SMILES string of the molecule is CC.NN1CC2(COC2)C1. The molecule has 2 heterocycles.